The Morgan fingerprint density at radius 3 is 2.38 bits per heavy atom. The third-order valence-electron chi connectivity index (χ3n) is 5.91. The molecular formula is C29H29NO4. The van der Waals surface area contributed by atoms with Crippen LogP contribution in [-0.2, 0) is 11.2 Å². The van der Waals surface area contributed by atoms with Crippen LogP contribution in [0.25, 0.3) is 22.3 Å². The quantitative estimate of drug-likeness (QED) is 0.332. The van der Waals surface area contributed by atoms with E-state index in [1.54, 1.807) is 6.07 Å². The highest BCUT2D eigenvalue weighted by atomic mass is 16.5. The van der Waals surface area contributed by atoms with E-state index in [4.69, 9.17) is 9.15 Å². The van der Waals surface area contributed by atoms with E-state index < -0.39 is 0 Å². The van der Waals surface area contributed by atoms with E-state index >= 15 is 0 Å². The Morgan fingerprint density at radius 2 is 1.68 bits per heavy atom. The molecule has 3 aromatic carbocycles. The number of ether oxygens (including phenoxy) is 1. The molecule has 0 aliphatic carbocycles. The van der Waals surface area contributed by atoms with Gasteiger partial charge in [0.1, 0.15) is 5.58 Å². The standard InChI is InChI=1S/C29H29NO4/c1-4-5-9-21-12-14-23(15-13-21)30-26(31)18-33-29-27(32)24-16-19(2)20(3)17-25(24)34-28(29)22-10-7-6-8-11-22/h6-8,10-17H,4-5,9,18H2,1-3H3,(H,30,31). The summed E-state index contributed by atoms with van der Waals surface area (Å²) in [6, 6.07) is 20.8. The molecular weight excluding hydrogens is 426 g/mol. The van der Waals surface area contributed by atoms with Crippen molar-refractivity contribution in [1.29, 1.82) is 0 Å². The van der Waals surface area contributed by atoms with E-state index in [1.165, 1.54) is 5.56 Å². The predicted octanol–water partition coefficient (Wildman–Crippen LogP) is 6.44. The molecule has 1 N–H and O–H groups in total. The molecule has 34 heavy (non-hydrogen) atoms. The Bertz CT molecular complexity index is 1360. The van der Waals surface area contributed by atoms with Crippen LogP contribution in [0.2, 0.25) is 0 Å². The molecule has 0 bridgehead atoms. The zero-order chi connectivity index (χ0) is 24.1. The summed E-state index contributed by atoms with van der Waals surface area (Å²) in [5.74, 6) is 0.00125. The molecule has 1 aromatic heterocycles. The van der Waals surface area contributed by atoms with Crippen LogP contribution in [-0.4, -0.2) is 12.5 Å². The maximum atomic E-state index is 13.4. The van der Waals surface area contributed by atoms with Crippen LogP contribution in [0.4, 0.5) is 5.69 Å². The smallest absolute Gasteiger partial charge is 0.262 e. The van der Waals surface area contributed by atoms with E-state index in [0.717, 1.165) is 30.4 Å². The van der Waals surface area contributed by atoms with Gasteiger partial charge in [-0.15, -0.1) is 0 Å². The van der Waals surface area contributed by atoms with Gasteiger partial charge in [-0.05, 0) is 67.6 Å². The van der Waals surface area contributed by atoms with Gasteiger partial charge in [-0.2, -0.15) is 0 Å². The van der Waals surface area contributed by atoms with Crippen molar-refractivity contribution in [2.24, 2.45) is 0 Å². The van der Waals surface area contributed by atoms with Gasteiger partial charge in [-0.3, -0.25) is 9.59 Å². The van der Waals surface area contributed by atoms with Gasteiger partial charge in [0.15, 0.2) is 12.4 Å². The average Bonchev–Trinajstić information content (AvgIpc) is 2.85. The van der Waals surface area contributed by atoms with E-state index in [9.17, 15) is 9.59 Å². The summed E-state index contributed by atoms with van der Waals surface area (Å²) in [5, 5.41) is 3.26. The molecule has 0 aliphatic rings. The topological polar surface area (TPSA) is 68.5 Å². The van der Waals surface area contributed by atoms with Crippen LogP contribution in [0.5, 0.6) is 5.75 Å². The number of nitrogens with one attached hydrogen (secondary N) is 1. The predicted molar refractivity (Wildman–Crippen MR) is 137 cm³/mol. The van der Waals surface area contributed by atoms with Crippen molar-refractivity contribution in [2.75, 3.05) is 11.9 Å². The lowest BCUT2D eigenvalue weighted by Crippen LogP contribution is -2.22. The van der Waals surface area contributed by atoms with Crippen molar-refractivity contribution < 1.29 is 13.9 Å². The Morgan fingerprint density at radius 1 is 0.971 bits per heavy atom. The first kappa shape index (κ1) is 23.3. The summed E-state index contributed by atoms with van der Waals surface area (Å²) in [7, 11) is 0. The van der Waals surface area contributed by atoms with E-state index in [0.29, 0.717) is 28.0 Å². The van der Waals surface area contributed by atoms with Crippen molar-refractivity contribution >= 4 is 22.6 Å². The molecule has 0 unspecified atom stereocenters. The van der Waals surface area contributed by atoms with Gasteiger partial charge in [0.25, 0.3) is 5.91 Å². The first-order valence-electron chi connectivity index (χ1n) is 11.6. The lowest BCUT2D eigenvalue weighted by molar-refractivity contribution is -0.118. The second-order valence-corrected chi connectivity index (χ2v) is 8.53. The third kappa shape index (κ3) is 5.20. The molecule has 0 fully saturated rings. The molecule has 174 valence electrons. The fourth-order valence-corrected chi connectivity index (χ4v) is 3.81. The van der Waals surface area contributed by atoms with E-state index in [2.05, 4.69) is 12.2 Å². The lowest BCUT2D eigenvalue weighted by Gasteiger charge is -2.13. The molecule has 5 heteroatoms. The molecule has 4 rings (SSSR count). The van der Waals surface area contributed by atoms with Crippen molar-refractivity contribution in [3.05, 3.63) is 93.6 Å². The van der Waals surface area contributed by atoms with Gasteiger partial charge in [0.2, 0.25) is 11.2 Å². The lowest BCUT2D eigenvalue weighted by atomic mass is 10.0. The summed E-state index contributed by atoms with van der Waals surface area (Å²) < 4.78 is 11.9. The third-order valence-corrected chi connectivity index (χ3v) is 5.91. The number of carbonyl (C=O) groups excluding carboxylic acids is 1. The molecule has 0 saturated heterocycles. The van der Waals surface area contributed by atoms with Crippen LogP contribution in [0.1, 0.15) is 36.5 Å². The monoisotopic (exact) mass is 455 g/mol. The zero-order valence-electron chi connectivity index (χ0n) is 19.8. The minimum absolute atomic E-state index is 0.0343. The maximum Gasteiger partial charge on any atom is 0.262 e. The number of carbonyl (C=O) groups is 1. The number of hydrogen-bond donors (Lipinski definition) is 1. The Kier molecular flexibility index (Phi) is 7.12. The highest BCUT2D eigenvalue weighted by Crippen LogP contribution is 2.31. The van der Waals surface area contributed by atoms with Gasteiger partial charge < -0.3 is 14.5 Å². The van der Waals surface area contributed by atoms with Crippen molar-refractivity contribution in [2.45, 2.75) is 40.0 Å². The zero-order valence-corrected chi connectivity index (χ0v) is 19.8. The Balaban J connectivity index is 1.59. The number of hydrogen-bond acceptors (Lipinski definition) is 4. The largest absolute Gasteiger partial charge is 0.476 e. The van der Waals surface area contributed by atoms with Crippen LogP contribution < -0.4 is 15.5 Å². The van der Waals surface area contributed by atoms with Crippen LogP contribution in [0.15, 0.2) is 75.9 Å². The van der Waals surface area contributed by atoms with Crippen molar-refractivity contribution in [3.63, 3.8) is 0 Å². The number of benzene rings is 3. The minimum Gasteiger partial charge on any atom is -0.476 e. The fourth-order valence-electron chi connectivity index (χ4n) is 3.81. The van der Waals surface area contributed by atoms with Crippen molar-refractivity contribution in [3.8, 4) is 17.1 Å². The SMILES string of the molecule is CCCCc1ccc(NC(=O)COc2c(-c3ccccc3)oc3cc(C)c(C)cc3c2=O)cc1. The van der Waals surface area contributed by atoms with Gasteiger partial charge in [0, 0.05) is 11.3 Å². The number of aryl methyl sites for hydroxylation is 3. The van der Waals surface area contributed by atoms with E-state index in [-0.39, 0.29) is 23.7 Å². The molecule has 0 atom stereocenters. The first-order chi connectivity index (χ1) is 16.5. The molecule has 0 radical (unpaired) electrons. The first-order valence-corrected chi connectivity index (χ1v) is 11.6. The van der Waals surface area contributed by atoms with Gasteiger partial charge >= 0.3 is 0 Å². The number of rotatable bonds is 8. The van der Waals surface area contributed by atoms with Crippen LogP contribution in [0, 0.1) is 13.8 Å². The molecule has 1 amide bonds. The van der Waals surface area contributed by atoms with E-state index in [1.807, 2.05) is 74.5 Å². The number of anilines is 1. The Labute approximate surface area is 199 Å². The number of unbranched alkanes of at least 4 members (excludes halogenated alkanes) is 1. The highest BCUT2D eigenvalue weighted by Gasteiger charge is 2.19. The summed E-state index contributed by atoms with van der Waals surface area (Å²) in [5.41, 5.74) is 4.85. The highest BCUT2D eigenvalue weighted by molar-refractivity contribution is 5.92. The Hall–Kier alpha value is -3.86. The van der Waals surface area contributed by atoms with Crippen LogP contribution in [0.3, 0.4) is 0 Å². The van der Waals surface area contributed by atoms with Gasteiger partial charge in [-0.25, -0.2) is 0 Å². The molecule has 1 heterocycles. The summed E-state index contributed by atoms with van der Waals surface area (Å²) >= 11 is 0. The van der Waals surface area contributed by atoms with Crippen molar-refractivity contribution in [1.82, 2.24) is 0 Å². The second kappa shape index (κ2) is 10.4. The minimum atomic E-state index is -0.347. The van der Waals surface area contributed by atoms with Gasteiger partial charge in [-0.1, -0.05) is 55.8 Å². The normalized spacial score (nSPS) is 10.9. The molecule has 0 aliphatic heterocycles. The number of amides is 1. The van der Waals surface area contributed by atoms with Gasteiger partial charge in [0.05, 0.1) is 5.39 Å². The fraction of sp³-hybridized carbons (Fsp3) is 0.241. The maximum absolute atomic E-state index is 13.4. The summed E-state index contributed by atoms with van der Waals surface area (Å²) in [4.78, 5) is 26.0. The summed E-state index contributed by atoms with van der Waals surface area (Å²) in [6.45, 7) is 5.78. The molecule has 5 nitrogen and oxygen atoms in total. The molecule has 0 saturated carbocycles. The average molecular weight is 456 g/mol. The second-order valence-electron chi connectivity index (χ2n) is 8.53. The summed E-state index contributed by atoms with van der Waals surface area (Å²) in [6.07, 6.45) is 3.30. The van der Waals surface area contributed by atoms with Crippen LogP contribution >= 0.6 is 0 Å². The number of fused-ring (bicyclic) bond motifs is 1. The molecule has 0 spiro atoms. The molecule has 4 aromatic rings.